The van der Waals surface area contributed by atoms with Gasteiger partial charge in [-0.05, 0) is 40.3 Å². The number of rotatable bonds is 6. The second-order valence-electron chi connectivity index (χ2n) is 6.42. The molecule has 0 spiro atoms. The highest BCUT2D eigenvalue weighted by Gasteiger charge is 2.31. The van der Waals surface area contributed by atoms with Crippen LogP contribution in [0.15, 0.2) is 47.2 Å². The van der Waals surface area contributed by atoms with Gasteiger partial charge in [-0.2, -0.15) is 11.3 Å². The Hall–Kier alpha value is -2.14. The van der Waals surface area contributed by atoms with Crippen LogP contribution in [0.25, 0.3) is 0 Å². The van der Waals surface area contributed by atoms with Crippen molar-refractivity contribution < 1.29 is 9.59 Å². The van der Waals surface area contributed by atoms with E-state index in [0.29, 0.717) is 25.4 Å². The van der Waals surface area contributed by atoms with Crippen LogP contribution in [0.1, 0.15) is 17.5 Å². The average Bonchev–Trinajstić information content (AvgIpc) is 3.19. The van der Waals surface area contributed by atoms with Crippen molar-refractivity contribution >= 4 is 23.2 Å². The number of thiophene rings is 1. The third kappa shape index (κ3) is 4.23. The van der Waals surface area contributed by atoms with Gasteiger partial charge in [-0.15, -0.1) is 0 Å². The molecule has 2 amide bonds. The van der Waals surface area contributed by atoms with E-state index in [0.717, 1.165) is 12.0 Å². The Balaban J connectivity index is 1.51. The summed E-state index contributed by atoms with van der Waals surface area (Å²) in [5.74, 6) is 0.387. The minimum Gasteiger partial charge on any atom is -0.340 e. The van der Waals surface area contributed by atoms with E-state index >= 15 is 0 Å². The number of amides is 2. The number of likely N-dealkylation sites (tertiary alicyclic amines) is 1. The first-order chi connectivity index (χ1) is 11.6. The van der Waals surface area contributed by atoms with Crippen molar-refractivity contribution in [3.8, 4) is 0 Å². The van der Waals surface area contributed by atoms with Crippen LogP contribution in [-0.4, -0.2) is 41.8 Å². The fourth-order valence-corrected chi connectivity index (χ4v) is 3.78. The normalized spacial score (nSPS) is 17.3. The van der Waals surface area contributed by atoms with E-state index < -0.39 is 0 Å². The molecule has 24 heavy (non-hydrogen) atoms. The molecule has 0 bridgehead atoms. The van der Waals surface area contributed by atoms with Crippen LogP contribution in [0.2, 0.25) is 0 Å². The monoisotopic (exact) mass is 342 g/mol. The Morgan fingerprint density at radius 3 is 2.75 bits per heavy atom. The van der Waals surface area contributed by atoms with Crippen molar-refractivity contribution in [2.24, 2.45) is 5.92 Å². The summed E-state index contributed by atoms with van der Waals surface area (Å²) >= 11 is 1.63. The SMILES string of the molecule is CN(Cc1ccsc1)C(=O)CN1CC(Cc2ccccc2)CC1=O. The summed E-state index contributed by atoms with van der Waals surface area (Å²) in [6.07, 6.45) is 1.43. The van der Waals surface area contributed by atoms with Gasteiger partial charge in [0, 0.05) is 26.6 Å². The lowest BCUT2D eigenvalue weighted by atomic mass is 9.99. The first-order valence-corrected chi connectivity index (χ1v) is 9.13. The average molecular weight is 342 g/mol. The highest BCUT2D eigenvalue weighted by molar-refractivity contribution is 7.07. The van der Waals surface area contributed by atoms with Gasteiger partial charge in [-0.25, -0.2) is 0 Å². The van der Waals surface area contributed by atoms with Gasteiger partial charge in [0.1, 0.15) is 0 Å². The minimum atomic E-state index is -0.00471. The van der Waals surface area contributed by atoms with Gasteiger partial charge in [0.15, 0.2) is 0 Å². The standard InChI is InChI=1S/C19H22N2O2S/c1-20(11-16-7-8-24-14-16)19(23)13-21-12-17(10-18(21)22)9-15-5-3-2-4-6-15/h2-8,14,17H,9-13H2,1H3. The molecule has 2 heterocycles. The van der Waals surface area contributed by atoms with Crippen molar-refractivity contribution in [1.29, 1.82) is 0 Å². The molecule has 1 unspecified atom stereocenters. The van der Waals surface area contributed by atoms with E-state index in [2.05, 4.69) is 12.1 Å². The van der Waals surface area contributed by atoms with Crippen LogP contribution in [0, 0.1) is 5.92 Å². The molecular weight excluding hydrogens is 320 g/mol. The molecule has 1 atom stereocenters. The zero-order valence-corrected chi connectivity index (χ0v) is 14.7. The molecule has 1 aromatic heterocycles. The lowest BCUT2D eigenvalue weighted by Gasteiger charge is -2.21. The minimum absolute atomic E-state index is 0.00471. The van der Waals surface area contributed by atoms with Crippen LogP contribution < -0.4 is 0 Å². The zero-order valence-electron chi connectivity index (χ0n) is 13.9. The summed E-state index contributed by atoms with van der Waals surface area (Å²) in [6.45, 7) is 1.45. The summed E-state index contributed by atoms with van der Waals surface area (Å²) in [6, 6.07) is 12.2. The molecule has 2 aromatic rings. The summed E-state index contributed by atoms with van der Waals surface area (Å²) in [7, 11) is 1.79. The van der Waals surface area contributed by atoms with Gasteiger partial charge in [-0.1, -0.05) is 30.3 Å². The molecule has 0 saturated carbocycles. The first-order valence-electron chi connectivity index (χ1n) is 8.18. The molecule has 1 aliphatic rings. The number of nitrogens with zero attached hydrogens (tertiary/aromatic N) is 2. The van der Waals surface area contributed by atoms with Crippen LogP contribution in [0.4, 0.5) is 0 Å². The molecule has 4 nitrogen and oxygen atoms in total. The van der Waals surface area contributed by atoms with E-state index in [-0.39, 0.29) is 18.4 Å². The second kappa shape index (κ2) is 7.62. The Morgan fingerprint density at radius 1 is 1.25 bits per heavy atom. The number of carbonyl (C=O) groups excluding carboxylic acids is 2. The zero-order chi connectivity index (χ0) is 16.9. The van der Waals surface area contributed by atoms with Gasteiger partial charge in [0.2, 0.25) is 11.8 Å². The van der Waals surface area contributed by atoms with E-state index in [1.807, 2.05) is 35.0 Å². The fourth-order valence-electron chi connectivity index (χ4n) is 3.12. The molecule has 1 fully saturated rings. The highest BCUT2D eigenvalue weighted by atomic mass is 32.1. The maximum atomic E-state index is 12.4. The lowest BCUT2D eigenvalue weighted by Crippen LogP contribution is -2.38. The number of hydrogen-bond acceptors (Lipinski definition) is 3. The van der Waals surface area contributed by atoms with Crippen molar-refractivity contribution in [2.75, 3.05) is 20.1 Å². The Bertz CT molecular complexity index is 685. The van der Waals surface area contributed by atoms with Crippen LogP contribution >= 0.6 is 11.3 Å². The van der Waals surface area contributed by atoms with E-state index in [4.69, 9.17) is 0 Å². The van der Waals surface area contributed by atoms with E-state index in [1.54, 1.807) is 28.2 Å². The van der Waals surface area contributed by atoms with Crippen LogP contribution in [-0.2, 0) is 22.6 Å². The van der Waals surface area contributed by atoms with Gasteiger partial charge < -0.3 is 9.80 Å². The Kier molecular flexibility index (Phi) is 5.30. The summed E-state index contributed by atoms with van der Waals surface area (Å²) in [5.41, 5.74) is 2.38. The maximum Gasteiger partial charge on any atom is 0.242 e. The molecule has 1 saturated heterocycles. The number of carbonyl (C=O) groups is 2. The van der Waals surface area contributed by atoms with Gasteiger partial charge in [0.25, 0.3) is 0 Å². The Labute approximate surface area is 146 Å². The molecule has 0 aliphatic carbocycles. The van der Waals surface area contributed by atoms with E-state index in [1.165, 1.54) is 5.56 Å². The van der Waals surface area contributed by atoms with Crippen molar-refractivity contribution in [3.05, 3.63) is 58.3 Å². The van der Waals surface area contributed by atoms with Crippen molar-refractivity contribution in [2.45, 2.75) is 19.4 Å². The van der Waals surface area contributed by atoms with E-state index in [9.17, 15) is 9.59 Å². The maximum absolute atomic E-state index is 12.4. The summed E-state index contributed by atoms with van der Waals surface area (Å²) in [5, 5.41) is 4.05. The van der Waals surface area contributed by atoms with Gasteiger partial charge in [0.05, 0.1) is 6.54 Å². The predicted molar refractivity (Wildman–Crippen MR) is 95.6 cm³/mol. The number of hydrogen-bond donors (Lipinski definition) is 0. The molecule has 3 rings (SSSR count). The van der Waals surface area contributed by atoms with Crippen LogP contribution in [0.3, 0.4) is 0 Å². The number of likely N-dealkylation sites (N-methyl/N-ethyl adjacent to an activating group) is 1. The smallest absolute Gasteiger partial charge is 0.242 e. The third-order valence-corrected chi connectivity index (χ3v) is 5.15. The molecule has 1 aromatic carbocycles. The highest BCUT2D eigenvalue weighted by Crippen LogP contribution is 2.22. The molecule has 5 heteroatoms. The summed E-state index contributed by atoms with van der Waals surface area (Å²) < 4.78 is 0. The molecule has 126 valence electrons. The van der Waals surface area contributed by atoms with Crippen molar-refractivity contribution in [3.63, 3.8) is 0 Å². The second-order valence-corrected chi connectivity index (χ2v) is 7.20. The van der Waals surface area contributed by atoms with Gasteiger partial charge >= 0.3 is 0 Å². The largest absolute Gasteiger partial charge is 0.340 e. The first kappa shape index (κ1) is 16.7. The lowest BCUT2D eigenvalue weighted by molar-refractivity contribution is -0.137. The van der Waals surface area contributed by atoms with Crippen molar-refractivity contribution in [1.82, 2.24) is 9.80 Å². The van der Waals surface area contributed by atoms with Gasteiger partial charge in [-0.3, -0.25) is 9.59 Å². The Morgan fingerprint density at radius 2 is 2.04 bits per heavy atom. The topological polar surface area (TPSA) is 40.6 Å². The molecule has 0 N–H and O–H groups in total. The predicted octanol–water partition coefficient (Wildman–Crippen LogP) is 2.80. The summed E-state index contributed by atoms with van der Waals surface area (Å²) in [4.78, 5) is 28.0. The number of benzene rings is 1. The third-order valence-electron chi connectivity index (χ3n) is 4.41. The molecule has 0 radical (unpaired) electrons. The molecule has 1 aliphatic heterocycles. The van der Waals surface area contributed by atoms with Crippen LogP contribution in [0.5, 0.6) is 0 Å². The quantitative estimate of drug-likeness (QED) is 0.810. The molecular formula is C19H22N2O2S. The fraction of sp³-hybridized carbons (Fsp3) is 0.368.